The fourth-order valence-electron chi connectivity index (χ4n) is 5.20. The zero-order valence-corrected chi connectivity index (χ0v) is 23.5. The summed E-state index contributed by atoms with van der Waals surface area (Å²) in [6, 6.07) is 12.6. The van der Waals surface area contributed by atoms with E-state index in [0.717, 1.165) is 24.6 Å². The monoisotopic (exact) mass is 530 g/mol. The molecule has 1 amide bonds. The van der Waals surface area contributed by atoms with Crippen molar-refractivity contribution >= 4 is 38.7 Å². The van der Waals surface area contributed by atoms with Crippen LogP contribution < -0.4 is 20.7 Å². The molecule has 1 saturated heterocycles. The Labute approximate surface area is 230 Å². The smallest absolute Gasteiger partial charge is 0.251 e. The molecule has 3 aromatic rings. The van der Waals surface area contributed by atoms with E-state index in [1.807, 2.05) is 17.4 Å². The Bertz CT molecular complexity index is 1340. The third-order valence-corrected chi connectivity index (χ3v) is 8.86. The van der Waals surface area contributed by atoms with Gasteiger partial charge in [0.15, 0.2) is 0 Å². The molecule has 6 nitrogen and oxygen atoms in total. The minimum Gasteiger partial charge on any atom is -0.495 e. The molecule has 5 rings (SSSR count). The van der Waals surface area contributed by atoms with Crippen LogP contribution in [0.25, 0.3) is 10.1 Å². The lowest BCUT2D eigenvalue weighted by Crippen LogP contribution is -2.38. The van der Waals surface area contributed by atoms with E-state index in [9.17, 15) is 4.79 Å². The van der Waals surface area contributed by atoms with Gasteiger partial charge in [0.05, 0.1) is 34.6 Å². The van der Waals surface area contributed by atoms with Crippen LogP contribution in [0.3, 0.4) is 0 Å². The average molecular weight is 531 g/mol. The summed E-state index contributed by atoms with van der Waals surface area (Å²) in [4.78, 5) is 15.7. The maximum atomic E-state index is 11.9. The minimum absolute atomic E-state index is 0.136. The molecule has 2 heterocycles. The van der Waals surface area contributed by atoms with Crippen LogP contribution in [0.5, 0.6) is 5.75 Å². The number of rotatable bonds is 9. The van der Waals surface area contributed by atoms with Crippen LogP contribution in [0.2, 0.25) is 0 Å². The quantitative estimate of drug-likeness (QED) is 0.315. The lowest BCUT2D eigenvalue weighted by atomic mass is 10.0. The van der Waals surface area contributed by atoms with E-state index < -0.39 is 0 Å². The first kappa shape index (κ1) is 26.4. The average Bonchev–Trinajstić information content (AvgIpc) is 3.71. The van der Waals surface area contributed by atoms with Gasteiger partial charge in [-0.3, -0.25) is 4.79 Å². The molecule has 1 aromatic heterocycles. The third-order valence-electron chi connectivity index (χ3n) is 7.66. The zero-order valence-electron chi connectivity index (χ0n) is 22.7. The molecule has 0 atom stereocenters. The second-order valence-electron chi connectivity index (χ2n) is 10.2. The van der Waals surface area contributed by atoms with E-state index in [0.29, 0.717) is 23.9 Å². The number of thiophene rings is 1. The van der Waals surface area contributed by atoms with E-state index >= 15 is 0 Å². The Morgan fingerprint density at radius 2 is 1.95 bits per heavy atom. The second-order valence-corrected chi connectivity index (χ2v) is 11.3. The standard InChI is InChI=1S/C31H38N4O2S/c1-4-35-17-14-23(15-18-35)34-27-8-5-7-24-25(19-21-10-11-21)29(38-30(24)27)9-6-16-33-26-13-12-22(31(36)32-2)20-28(26)37-3/h5,7-8,12-13,20-21,23,33-34H,4,10-11,14-19H2,1-3H3,(H,32,36). The fourth-order valence-corrected chi connectivity index (χ4v) is 6.38. The highest BCUT2D eigenvalue weighted by Crippen LogP contribution is 2.41. The molecule has 2 aliphatic rings. The molecule has 2 fully saturated rings. The number of amides is 1. The van der Waals surface area contributed by atoms with Crippen molar-refractivity contribution in [2.24, 2.45) is 5.92 Å². The number of methoxy groups -OCH3 is 1. The number of carbonyl (C=O) groups is 1. The minimum atomic E-state index is -0.136. The first-order valence-electron chi connectivity index (χ1n) is 13.8. The number of benzene rings is 2. The Balaban J connectivity index is 1.34. The van der Waals surface area contributed by atoms with Crippen molar-refractivity contribution in [1.29, 1.82) is 0 Å². The summed E-state index contributed by atoms with van der Waals surface area (Å²) in [6.45, 7) is 6.23. The number of piperidine rings is 1. The van der Waals surface area contributed by atoms with Crippen LogP contribution >= 0.6 is 11.3 Å². The molecule has 1 aliphatic heterocycles. The number of anilines is 2. The molecule has 0 bridgehead atoms. The maximum Gasteiger partial charge on any atom is 0.251 e. The first-order chi connectivity index (χ1) is 18.6. The molecular weight excluding hydrogens is 492 g/mol. The van der Waals surface area contributed by atoms with Gasteiger partial charge in [0.2, 0.25) is 0 Å². The highest BCUT2D eigenvalue weighted by atomic mass is 32.1. The summed E-state index contributed by atoms with van der Waals surface area (Å²) in [7, 11) is 3.23. The van der Waals surface area contributed by atoms with Crippen molar-refractivity contribution in [3.63, 3.8) is 0 Å². The Morgan fingerprint density at radius 3 is 2.66 bits per heavy atom. The van der Waals surface area contributed by atoms with Gasteiger partial charge < -0.3 is 25.6 Å². The predicted octanol–water partition coefficient (Wildman–Crippen LogP) is 5.58. The van der Waals surface area contributed by atoms with Crippen LogP contribution in [0.15, 0.2) is 36.4 Å². The summed E-state index contributed by atoms with van der Waals surface area (Å²) < 4.78 is 6.83. The van der Waals surface area contributed by atoms with Gasteiger partial charge in [-0.1, -0.05) is 30.9 Å². The molecular formula is C31H38N4O2S. The van der Waals surface area contributed by atoms with Crippen molar-refractivity contribution in [1.82, 2.24) is 10.2 Å². The zero-order chi connectivity index (χ0) is 26.5. The van der Waals surface area contributed by atoms with Gasteiger partial charge in [0.1, 0.15) is 5.75 Å². The molecule has 1 saturated carbocycles. The molecule has 38 heavy (non-hydrogen) atoms. The number of hydrogen-bond acceptors (Lipinski definition) is 6. The largest absolute Gasteiger partial charge is 0.495 e. The predicted molar refractivity (Wildman–Crippen MR) is 159 cm³/mol. The number of fused-ring (bicyclic) bond motifs is 1. The lowest BCUT2D eigenvalue weighted by Gasteiger charge is -2.32. The van der Waals surface area contributed by atoms with E-state index in [4.69, 9.17) is 4.74 Å². The molecule has 3 N–H and O–H groups in total. The second kappa shape index (κ2) is 12.1. The molecule has 1 aliphatic carbocycles. The van der Waals surface area contributed by atoms with Gasteiger partial charge in [-0.15, -0.1) is 11.3 Å². The number of ether oxygens (including phenoxy) is 1. The van der Waals surface area contributed by atoms with Crippen molar-refractivity contribution < 1.29 is 9.53 Å². The highest BCUT2D eigenvalue weighted by Gasteiger charge is 2.26. The van der Waals surface area contributed by atoms with Gasteiger partial charge in [-0.25, -0.2) is 0 Å². The molecule has 0 unspecified atom stereocenters. The van der Waals surface area contributed by atoms with Crippen LogP contribution in [0.4, 0.5) is 11.4 Å². The van der Waals surface area contributed by atoms with E-state index in [-0.39, 0.29) is 5.91 Å². The van der Waals surface area contributed by atoms with Gasteiger partial charge in [0, 0.05) is 31.7 Å². The highest BCUT2D eigenvalue weighted by molar-refractivity contribution is 7.20. The number of nitrogens with one attached hydrogen (secondary N) is 3. The van der Waals surface area contributed by atoms with E-state index in [1.165, 1.54) is 65.0 Å². The van der Waals surface area contributed by atoms with Crippen molar-refractivity contribution in [2.75, 3.05) is 51.0 Å². The van der Waals surface area contributed by atoms with Gasteiger partial charge in [-0.2, -0.15) is 0 Å². The summed E-state index contributed by atoms with van der Waals surface area (Å²) in [5, 5.41) is 11.2. The molecule has 2 aromatic carbocycles. The van der Waals surface area contributed by atoms with Crippen LogP contribution in [0.1, 0.15) is 53.4 Å². The molecule has 7 heteroatoms. The van der Waals surface area contributed by atoms with Gasteiger partial charge in [-0.05, 0) is 79.8 Å². The molecule has 0 spiro atoms. The van der Waals surface area contributed by atoms with Crippen molar-refractivity contribution in [3.05, 3.63) is 52.4 Å². The topological polar surface area (TPSA) is 65.6 Å². The number of hydrogen-bond donors (Lipinski definition) is 3. The fraction of sp³-hybridized carbons (Fsp3) is 0.452. The van der Waals surface area contributed by atoms with E-state index in [2.05, 4.69) is 57.8 Å². The third kappa shape index (κ3) is 6.09. The molecule has 200 valence electrons. The Hall–Kier alpha value is -3.21. The summed E-state index contributed by atoms with van der Waals surface area (Å²) >= 11 is 1.83. The summed E-state index contributed by atoms with van der Waals surface area (Å²) in [5.41, 5.74) is 4.06. The normalized spacial score (nSPS) is 16.1. The van der Waals surface area contributed by atoms with Gasteiger partial charge >= 0.3 is 0 Å². The Morgan fingerprint density at radius 1 is 1.13 bits per heavy atom. The van der Waals surface area contributed by atoms with Crippen LogP contribution in [-0.2, 0) is 6.42 Å². The first-order valence-corrected chi connectivity index (χ1v) is 14.6. The summed E-state index contributed by atoms with van der Waals surface area (Å²) in [6.07, 6.45) is 6.15. The van der Waals surface area contributed by atoms with Crippen molar-refractivity contribution in [3.8, 4) is 17.6 Å². The summed E-state index contributed by atoms with van der Waals surface area (Å²) in [5.74, 6) is 8.13. The van der Waals surface area contributed by atoms with E-state index in [1.54, 1.807) is 26.3 Å². The van der Waals surface area contributed by atoms with Crippen LogP contribution in [0, 0.1) is 17.8 Å². The number of carbonyl (C=O) groups excluding carboxylic acids is 1. The van der Waals surface area contributed by atoms with Crippen LogP contribution in [-0.4, -0.2) is 57.2 Å². The lowest BCUT2D eigenvalue weighted by molar-refractivity contribution is 0.0963. The number of likely N-dealkylation sites (tertiary alicyclic amines) is 1. The maximum absolute atomic E-state index is 11.9. The molecule has 0 radical (unpaired) electrons. The van der Waals surface area contributed by atoms with Crippen molar-refractivity contribution in [2.45, 2.75) is 45.1 Å². The number of nitrogens with zero attached hydrogens (tertiary/aromatic N) is 1. The Kier molecular flexibility index (Phi) is 8.41. The van der Waals surface area contributed by atoms with Gasteiger partial charge in [0.25, 0.3) is 5.91 Å². The SMILES string of the molecule is CCN1CCC(Nc2cccc3c(CC4CC4)c(C#CCNc4ccc(C(=O)NC)cc4OC)sc23)CC1.